The van der Waals surface area contributed by atoms with Crippen molar-refractivity contribution in [3.8, 4) is 17.0 Å². The Balaban J connectivity index is 1.81. The van der Waals surface area contributed by atoms with Gasteiger partial charge in [0.05, 0.1) is 5.56 Å². The van der Waals surface area contributed by atoms with E-state index < -0.39 is 17.6 Å². The van der Waals surface area contributed by atoms with Crippen LogP contribution in [-0.2, 0) is 12.8 Å². The predicted molar refractivity (Wildman–Crippen MR) is 89.8 cm³/mol. The van der Waals surface area contributed by atoms with Gasteiger partial charge in [-0.1, -0.05) is 12.1 Å². The SMILES string of the molecule is Nc1nnc(-c2cccc(OCc3cc(F)cc(C(F)(F)F)c3)c2)c(N)n1. The average molecular weight is 379 g/mol. The summed E-state index contributed by atoms with van der Waals surface area (Å²) in [7, 11) is 0. The van der Waals surface area contributed by atoms with Crippen LogP contribution in [0.3, 0.4) is 0 Å². The van der Waals surface area contributed by atoms with Crippen LogP contribution >= 0.6 is 0 Å². The minimum absolute atomic E-state index is 0.0428. The molecule has 6 nitrogen and oxygen atoms in total. The molecule has 0 radical (unpaired) electrons. The lowest BCUT2D eigenvalue weighted by atomic mass is 10.1. The molecule has 0 bridgehead atoms. The second kappa shape index (κ2) is 7.06. The van der Waals surface area contributed by atoms with E-state index in [-0.39, 0.29) is 29.6 Å². The minimum Gasteiger partial charge on any atom is -0.489 e. The monoisotopic (exact) mass is 379 g/mol. The van der Waals surface area contributed by atoms with Gasteiger partial charge < -0.3 is 16.2 Å². The molecule has 0 fully saturated rings. The molecule has 0 aliphatic heterocycles. The number of anilines is 2. The van der Waals surface area contributed by atoms with Crippen molar-refractivity contribution in [3.63, 3.8) is 0 Å². The first-order valence-electron chi connectivity index (χ1n) is 7.58. The van der Waals surface area contributed by atoms with Crippen LogP contribution in [0.1, 0.15) is 11.1 Å². The second-order valence-electron chi connectivity index (χ2n) is 5.57. The van der Waals surface area contributed by atoms with E-state index >= 15 is 0 Å². The summed E-state index contributed by atoms with van der Waals surface area (Å²) in [5.41, 5.74) is 10.9. The molecule has 0 saturated carbocycles. The maximum atomic E-state index is 13.4. The molecule has 4 N–H and O–H groups in total. The zero-order chi connectivity index (χ0) is 19.6. The molecule has 1 aromatic heterocycles. The Labute approximate surface area is 150 Å². The lowest BCUT2D eigenvalue weighted by Crippen LogP contribution is -2.07. The predicted octanol–water partition coefficient (Wildman–Crippen LogP) is 3.44. The zero-order valence-corrected chi connectivity index (χ0v) is 13.7. The number of hydrogen-bond donors (Lipinski definition) is 2. The van der Waals surface area contributed by atoms with Crippen LogP contribution in [0.25, 0.3) is 11.3 Å². The van der Waals surface area contributed by atoms with Crippen molar-refractivity contribution in [1.82, 2.24) is 15.2 Å². The van der Waals surface area contributed by atoms with Crippen LogP contribution < -0.4 is 16.2 Å². The molecule has 10 heteroatoms. The third-order valence-electron chi connectivity index (χ3n) is 3.53. The average Bonchev–Trinajstić information content (AvgIpc) is 2.59. The highest BCUT2D eigenvalue weighted by atomic mass is 19.4. The third-order valence-corrected chi connectivity index (χ3v) is 3.53. The fourth-order valence-corrected chi connectivity index (χ4v) is 2.35. The number of benzene rings is 2. The molecule has 140 valence electrons. The highest BCUT2D eigenvalue weighted by molar-refractivity contribution is 5.70. The van der Waals surface area contributed by atoms with Crippen molar-refractivity contribution < 1.29 is 22.3 Å². The van der Waals surface area contributed by atoms with E-state index in [9.17, 15) is 17.6 Å². The van der Waals surface area contributed by atoms with Crippen molar-refractivity contribution in [1.29, 1.82) is 0 Å². The molecular weight excluding hydrogens is 366 g/mol. The Morgan fingerprint density at radius 2 is 1.78 bits per heavy atom. The summed E-state index contributed by atoms with van der Waals surface area (Å²) in [6.45, 7) is -0.258. The maximum Gasteiger partial charge on any atom is 0.416 e. The second-order valence-corrected chi connectivity index (χ2v) is 5.57. The van der Waals surface area contributed by atoms with Crippen molar-refractivity contribution >= 4 is 11.8 Å². The molecular formula is C17H13F4N5O. The highest BCUT2D eigenvalue weighted by Gasteiger charge is 2.31. The lowest BCUT2D eigenvalue weighted by molar-refractivity contribution is -0.137. The Hall–Kier alpha value is -3.43. The van der Waals surface area contributed by atoms with Gasteiger partial charge >= 0.3 is 6.18 Å². The molecule has 0 saturated heterocycles. The van der Waals surface area contributed by atoms with Gasteiger partial charge in [0.2, 0.25) is 5.95 Å². The number of nitrogens with two attached hydrogens (primary N) is 2. The largest absolute Gasteiger partial charge is 0.489 e. The minimum atomic E-state index is -4.64. The summed E-state index contributed by atoms with van der Waals surface area (Å²) in [5, 5.41) is 7.49. The number of nitrogens with zero attached hydrogens (tertiary/aromatic N) is 3. The number of nitrogen functional groups attached to an aromatic ring is 2. The number of halogens is 4. The molecule has 27 heavy (non-hydrogen) atoms. The van der Waals surface area contributed by atoms with Gasteiger partial charge in [-0.05, 0) is 35.9 Å². The topological polar surface area (TPSA) is 99.9 Å². The fourth-order valence-electron chi connectivity index (χ4n) is 2.35. The molecule has 0 atom stereocenters. The van der Waals surface area contributed by atoms with E-state index in [1.54, 1.807) is 24.3 Å². The summed E-state index contributed by atoms with van der Waals surface area (Å²) < 4.78 is 57.2. The van der Waals surface area contributed by atoms with Gasteiger partial charge in [0.15, 0.2) is 5.82 Å². The van der Waals surface area contributed by atoms with Gasteiger partial charge in [-0.15, -0.1) is 10.2 Å². The molecule has 0 unspecified atom stereocenters. The number of rotatable bonds is 4. The summed E-state index contributed by atoms with van der Waals surface area (Å²) in [5.74, 6) is -0.675. The lowest BCUT2D eigenvalue weighted by Gasteiger charge is -2.11. The van der Waals surface area contributed by atoms with E-state index in [1.165, 1.54) is 0 Å². The summed E-state index contributed by atoms with van der Waals surface area (Å²) >= 11 is 0. The van der Waals surface area contributed by atoms with Gasteiger partial charge in [0, 0.05) is 5.56 Å². The number of hydrogen-bond acceptors (Lipinski definition) is 6. The van der Waals surface area contributed by atoms with Gasteiger partial charge in [-0.3, -0.25) is 0 Å². The van der Waals surface area contributed by atoms with Crippen LogP contribution in [0.4, 0.5) is 29.3 Å². The normalized spacial score (nSPS) is 11.4. The summed E-state index contributed by atoms with van der Waals surface area (Å²) in [4.78, 5) is 3.81. The molecule has 0 aliphatic rings. The highest BCUT2D eigenvalue weighted by Crippen LogP contribution is 2.31. The van der Waals surface area contributed by atoms with Crippen LogP contribution in [0, 0.1) is 5.82 Å². The van der Waals surface area contributed by atoms with Gasteiger partial charge in [-0.25, -0.2) is 4.39 Å². The first-order chi connectivity index (χ1) is 12.7. The first-order valence-corrected chi connectivity index (χ1v) is 7.58. The van der Waals surface area contributed by atoms with Crippen LogP contribution in [0.5, 0.6) is 5.75 Å². The van der Waals surface area contributed by atoms with Crippen molar-refractivity contribution in [2.45, 2.75) is 12.8 Å². The number of aromatic nitrogens is 3. The molecule has 2 aromatic carbocycles. The smallest absolute Gasteiger partial charge is 0.416 e. The van der Waals surface area contributed by atoms with Crippen LogP contribution in [0.2, 0.25) is 0 Å². The quantitative estimate of drug-likeness (QED) is 0.674. The molecule has 0 amide bonds. The van der Waals surface area contributed by atoms with E-state index in [1.807, 2.05) is 0 Å². The molecule has 0 aliphatic carbocycles. The zero-order valence-electron chi connectivity index (χ0n) is 13.7. The number of alkyl halides is 3. The van der Waals surface area contributed by atoms with E-state index in [0.717, 1.165) is 12.1 Å². The Kier molecular flexibility index (Phi) is 4.80. The van der Waals surface area contributed by atoms with E-state index in [2.05, 4.69) is 15.2 Å². The Morgan fingerprint density at radius 1 is 1.00 bits per heavy atom. The fraction of sp³-hybridized carbons (Fsp3) is 0.118. The van der Waals surface area contributed by atoms with Gasteiger partial charge in [-0.2, -0.15) is 18.2 Å². The van der Waals surface area contributed by atoms with Crippen LogP contribution in [0.15, 0.2) is 42.5 Å². The standard InChI is InChI=1S/C17H13F4N5O/c18-12-5-9(4-11(7-12)17(19,20)21)8-27-13-3-1-2-10(6-13)14-15(22)24-16(23)26-25-14/h1-7H,8H2,(H4,22,23,24,26). The van der Waals surface area contributed by atoms with E-state index in [4.69, 9.17) is 16.2 Å². The molecule has 3 aromatic rings. The summed E-state index contributed by atoms with van der Waals surface area (Å²) in [6, 6.07) is 8.69. The maximum absolute atomic E-state index is 13.4. The number of ether oxygens (including phenoxy) is 1. The third kappa shape index (κ3) is 4.40. The van der Waals surface area contributed by atoms with Crippen LogP contribution in [-0.4, -0.2) is 15.2 Å². The first kappa shape index (κ1) is 18.4. The van der Waals surface area contributed by atoms with Gasteiger partial charge in [0.25, 0.3) is 0 Å². The van der Waals surface area contributed by atoms with Crippen molar-refractivity contribution in [3.05, 3.63) is 59.4 Å². The Bertz CT molecular complexity index is 978. The Morgan fingerprint density at radius 3 is 2.48 bits per heavy atom. The van der Waals surface area contributed by atoms with Crippen molar-refractivity contribution in [2.24, 2.45) is 0 Å². The van der Waals surface area contributed by atoms with Crippen molar-refractivity contribution in [2.75, 3.05) is 11.5 Å². The molecule has 3 rings (SSSR count). The van der Waals surface area contributed by atoms with Gasteiger partial charge in [0.1, 0.15) is 23.9 Å². The molecule has 1 heterocycles. The van der Waals surface area contributed by atoms with E-state index in [0.29, 0.717) is 17.4 Å². The molecule has 0 spiro atoms. The summed E-state index contributed by atoms with van der Waals surface area (Å²) in [6.07, 6.45) is -4.64.